The summed E-state index contributed by atoms with van der Waals surface area (Å²) in [6, 6.07) is 0. The standard InChI is InChI=1S/C20H26O8/c1-7-4-10(21)15(24)18(3)9(7)5-11-19-6-27-20(26,17(18)19)14(23)8(2)12(19)13(22)16(25)28-11/h4,8-9,11-15,17,22-24,26H,5-6H2,1-3H3/t8-,9-,11-,12-,13-,14-,15+,17-,18-,19+,20+/m1/s1. The summed E-state index contributed by atoms with van der Waals surface area (Å²) in [6.07, 6.45) is -3.14. The van der Waals surface area contributed by atoms with Crippen LogP contribution >= 0.6 is 0 Å². The molecule has 0 aromatic carbocycles. The van der Waals surface area contributed by atoms with Gasteiger partial charge in [-0.05, 0) is 31.3 Å². The average molecular weight is 394 g/mol. The first-order valence-corrected chi connectivity index (χ1v) is 9.84. The van der Waals surface area contributed by atoms with Crippen LogP contribution in [0.25, 0.3) is 0 Å². The molecule has 4 fully saturated rings. The van der Waals surface area contributed by atoms with Gasteiger partial charge in [0.2, 0.25) is 0 Å². The first-order chi connectivity index (χ1) is 13.0. The lowest BCUT2D eigenvalue weighted by Crippen LogP contribution is -2.77. The summed E-state index contributed by atoms with van der Waals surface area (Å²) in [5, 5.41) is 44.2. The van der Waals surface area contributed by atoms with E-state index in [9.17, 15) is 30.0 Å². The van der Waals surface area contributed by atoms with Crippen molar-refractivity contribution >= 4 is 11.8 Å². The second-order valence-electron chi connectivity index (χ2n) is 9.63. The maximum absolute atomic E-state index is 12.5. The fourth-order valence-electron chi connectivity index (χ4n) is 7.64. The number of rotatable bonds is 0. The van der Waals surface area contributed by atoms with Crippen LogP contribution in [0.2, 0.25) is 0 Å². The number of aliphatic hydroxyl groups excluding tert-OH is 3. The fraction of sp³-hybridized carbons (Fsp3) is 0.800. The number of esters is 1. The molecule has 2 saturated carbocycles. The molecule has 2 saturated heterocycles. The minimum absolute atomic E-state index is 0.0266. The Morgan fingerprint density at radius 2 is 1.89 bits per heavy atom. The molecule has 4 N–H and O–H groups in total. The van der Waals surface area contributed by atoms with Crippen molar-refractivity contribution in [2.24, 2.45) is 34.5 Å². The highest BCUT2D eigenvalue weighted by molar-refractivity contribution is 5.96. The monoisotopic (exact) mass is 394 g/mol. The predicted octanol–water partition coefficient (Wildman–Crippen LogP) is -0.863. The minimum Gasteiger partial charge on any atom is -0.460 e. The number of fused-ring (bicyclic) bond motifs is 1. The second-order valence-corrected chi connectivity index (χ2v) is 9.63. The summed E-state index contributed by atoms with van der Waals surface area (Å²) in [4.78, 5) is 25.0. The van der Waals surface area contributed by atoms with E-state index < -0.39 is 70.5 Å². The van der Waals surface area contributed by atoms with Gasteiger partial charge in [0.15, 0.2) is 17.7 Å². The average Bonchev–Trinajstić information content (AvgIpc) is 2.92. The largest absolute Gasteiger partial charge is 0.460 e. The zero-order chi connectivity index (χ0) is 20.4. The third-order valence-electron chi connectivity index (χ3n) is 8.65. The molecule has 2 heterocycles. The van der Waals surface area contributed by atoms with Crippen molar-refractivity contribution in [3.05, 3.63) is 11.6 Å². The molecule has 2 bridgehead atoms. The summed E-state index contributed by atoms with van der Waals surface area (Å²) in [5.41, 5.74) is -1.40. The van der Waals surface area contributed by atoms with Gasteiger partial charge >= 0.3 is 5.97 Å². The van der Waals surface area contributed by atoms with Gasteiger partial charge in [-0.1, -0.05) is 19.4 Å². The van der Waals surface area contributed by atoms with Gasteiger partial charge in [0, 0.05) is 22.7 Å². The Bertz CT molecular complexity index is 808. The number of carbonyl (C=O) groups is 2. The Morgan fingerprint density at radius 1 is 1.21 bits per heavy atom. The molecule has 11 atom stereocenters. The SMILES string of the molecule is CC1=CC(=O)[C@H](O)[C@@]2(C)[C@@H]1C[C@H]1OC(=O)[C@H](O)[C@H]3[C@@H](C)[C@@H](O)[C@]4(O)OC[C@@]31[C@H]42. The van der Waals surface area contributed by atoms with Gasteiger partial charge in [0.25, 0.3) is 0 Å². The van der Waals surface area contributed by atoms with Gasteiger partial charge in [-0.3, -0.25) is 4.79 Å². The van der Waals surface area contributed by atoms with E-state index in [1.54, 1.807) is 20.8 Å². The Hall–Kier alpha value is -1.32. The molecular formula is C20H26O8. The topological polar surface area (TPSA) is 134 Å². The van der Waals surface area contributed by atoms with Crippen molar-refractivity contribution in [2.45, 2.75) is 57.4 Å². The Morgan fingerprint density at radius 3 is 2.57 bits per heavy atom. The number of ether oxygens (including phenoxy) is 2. The molecule has 28 heavy (non-hydrogen) atoms. The number of hydrogen-bond donors (Lipinski definition) is 4. The third kappa shape index (κ3) is 1.72. The normalized spacial score (nSPS) is 59.9. The molecule has 154 valence electrons. The molecule has 5 rings (SSSR count). The van der Waals surface area contributed by atoms with Gasteiger partial charge < -0.3 is 29.9 Å². The summed E-state index contributed by atoms with van der Waals surface area (Å²) < 4.78 is 11.4. The van der Waals surface area contributed by atoms with Gasteiger partial charge in [0.05, 0.1) is 6.61 Å². The minimum atomic E-state index is -2.01. The van der Waals surface area contributed by atoms with Crippen LogP contribution in [0.3, 0.4) is 0 Å². The molecule has 1 spiro atoms. The molecule has 0 aromatic heterocycles. The second kappa shape index (κ2) is 5.23. The summed E-state index contributed by atoms with van der Waals surface area (Å²) in [7, 11) is 0. The molecule has 8 heteroatoms. The van der Waals surface area contributed by atoms with Crippen LogP contribution in [0.5, 0.6) is 0 Å². The van der Waals surface area contributed by atoms with Crippen LogP contribution in [0.4, 0.5) is 0 Å². The van der Waals surface area contributed by atoms with E-state index >= 15 is 0 Å². The van der Waals surface area contributed by atoms with E-state index in [-0.39, 0.29) is 12.5 Å². The van der Waals surface area contributed by atoms with Gasteiger partial charge in [0.1, 0.15) is 18.3 Å². The number of aliphatic hydroxyl groups is 4. The van der Waals surface area contributed by atoms with E-state index in [1.165, 1.54) is 6.08 Å². The van der Waals surface area contributed by atoms with Crippen LogP contribution in [-0.4, -0.2) is 69.0 Å². The number of carbonyl (C=O) groups excluding carboxylic acids is 2. The summed E-state index contributed by atoms with van der Waals surface area (Å²) in [6.45, 7) is 5.17. The van der Waals surface area contributed by atoms with Crippen LogP contribution in [-0.2, 0) is 19.1 Å². The quantitative estimate of drug-likeness (QED) is 0.390. The Balaban J connectivity index is 1.79. The maximum atomic E-state index is 12.5. The third-order valence-corrected chi connectivity index (χ3v) is 8.65. The van der Waals surface area contributed by atoms with Crippen molar-refractivity contribution in [1.82, 2.24) is 0 Å². The molecular weight excluding hydrogens is 368 g/mol. The van der Waals surface area contributed by atoms with Crippen molar-refractivity contribution in [3.63, 3.8) is 0 Å². The van der Waals surface area contributed by atoms with Crippen LogP contribution in [0.1, 0.15) is 27.2 Å². The van der Waals surface area contributed by atoms with Crippen molar-refractivity contribution in [2.75, 3.05) is 6.61 Å². The van der Waals surface area contributed by atoms with Crippen molar-refractivity contribution in [3.8, 4) is 0 Å². The molecule has 0 unspecified atom stereocenters. The lowest BCUT2D eigenvalue weighted by molar-refractivity contribution is -0.339. The molecule has 5 aliphatic rings. The molecule has 0 amide bonds. The maximum Gasteiger partial charge on any atom is 0.335 e. The Labute approximate surface area is 162 Å². The molecule has 0 radical (unpaired) electrons. The van der Waals surface area contributed by atoms with Gasteiger partial charge in [-0.25, -0.2) is 4.79 Å². The number of ketones is 1. The zero-order valence-electron chi connectivity index (χ0n) is 16.0. The van der Waals surface area contributed by atoms with Crippen LogP contribution in [0, 0.1) is 34.5 Å². The van der Waals surface area contributed by atoms with Crippen molar-refractivity contribution in [1.29, 1.82) is 0 Å². The van der Waals surface area contributed by atoms with E-state index in [0.717, 1.165) is 5.57 Å². The van der Waals surface area contributed by atoms with Gasteiger partial charge in [-0.2, -0.15) is 0 Å². The van der Waals surface area contributed by atoms with Crippen LogP contribution < -0.4 is 0 Å². The predicted molar refractivity (Wildman–Crippen MR) is 92.4 cm³/mol. The molecule has 8 nitrogen and oxygen atoms in total. The zero-order valence-corrected chi connectivity index (χ0v) is 16.0. The highest BCUT2D eigenvalue weighted by Gasteiger charge is 2.83. The Kier molecular flexibility index (Phi) is 3.49. The van der Waals surface area contributed by atoms with E-state index in [0.29, 0.717) is 6.42 Å². The first-order valence-electron chi connectivity index (χ1n) is 9.84. The first kappa shape index (κ1) is 18.7. The lowest BCUT2D eigenvalue weighted by Gasteiger charge is -2.67. The highest BCUT2D eigenvalue weighted by Crippen LogP contribution is 2.73. The molecule has 3 aliphatic carbocycles. The summed E-state index contributed by atoms with van der Waals surface area (Å²) in [5.74, 6) is -5.79. The lowest BCUT2D eigenvalue weighted by atomic mass is 9.38. The van der Waals surface area contributed by atoms with Gasteiger partial charge in [-0.15, -0.1) is 0 Å². The van der Waals surface area contributed by atoms with Crippen molar-refractivity contribution < 1.29 is 39.5 Å². The van der Waals surface area contributed by atoms with E-state index in [2.05, 4.69) is 0 Å². The highest BCUT2D eigenvalue weighted by atomic mass is 16.7. The number of allylic oxidation sites excluding steroid dienone is 1. The molecule has 0 aromatic rings. The van der Waals surface area contributed by atoms with E-state index in [4.69, 9.17) is 9.47 Å². The number of hydrogen-bond acceptors (Lipinski definition) is 8. The smallest absolute Gasteiger partial charge is 0.335 e. The van der Waals surface area contributed by atoms with Crippen LogP contribution in [0.15, 0.2) is 11.6 Å². The molecule has 2 aliphatic heterocycles. The fourth-order valence-corrected chi connectivity index (χ4v) is 7.64. The van der Waals surface area contributed by atoms with E-state index in [1.807, 2.05) is 0 Å². The summed E-state index contributed by atoms with van der Waals surface area (Å²) >= 11 is 0.